The van der Waals surface area contributed by atoms with Crippen LogP contribution in [0.15, 0.2) is 23.1 Å². The Morgan fingerprint density at radius 2 is 2.00 bits per heavy atom. The van der Waals surface area contributed by atoms with Gasteiger partial charge in [0.1, 0.15) is 13.2 Å². The lowest BCUT2D eigenvalue weighted by Gasteiger charge is -2.40. The maximum atomic E-state index is 12.9. The summed E-state index contributed by atoms with van der Waals surface area (Å²) in [4.78, 5) is 0.214. The lowest BCUT2D eigenvalue weighted by Crippen LogP contribution is -2.47. The first-order chi connectivity index (χ1) is 11.0. The van der Waals surface area contributed by atoms with E-state index in [2.05, 4.69) is 0 Å². The predicted molar refractivity (Wildman–Crippen MR) is 85.2 cm³/mol. The summed E-state index contributed by atoms with van der Waals surface area (Å²) in [6.45, 7) is 3.74. The molecular formula is C16H23NO5S. The van der Waals surface area contributed by atoms with E-state index < -0.39 is 10.0 Å². The largest absolute Gasteiger partial charge is 0.486 e. The first kappa shape index (κ1) is 16.5. The van der Waals surface area contributed by atoms with Gasteiger partial charge in [-0.15, -0.1) is 0 Å². The number of nitrogens with zero attached hydrogens (tertiary/aromatic N) is 1. The third kappa shape index (κ3) is 3.05. The molecule has 1 aromatic rings. The Kier molecular flexibility index (Phi) is 4.53. The van der Waals surface area contributed by atoms with E-state index in [9.17, 15) is 13.5 Å². The van der Waals surface area contributed by atoms with Crippen LogP contribution in [0, 0.1) is 5.41 Å². The average molecular weight is 341 g/mol. The van der Waals surface area contributed by atoms with E-state index in [1.54, 1.807) is 12.1 Å². The van der Waals surface area contributed by atoms with Crippen molar-refractivity contribution >= 4 is 10.0 Å². The summed E-state index contributed by atoms with van der Waals surface area (Å²) in [5.41, 5.74) is -0.334. The van der Waals surface area contributed by atoms with E-state index in [1.165, 1.54) is 10.4 Å². The fraction of sp³-hybridized carbons (Fsp3) is 0.625. The van der Waals surface area contributed by atoms with Gasteiger partial charge in [-0.3, -0.25) is 0 Å². The molecule has 1 fully saturated rings. The minimum atomic E-state index is -3.60. The summed E-state index contributed by atoms with van der Waals surface area (Å²) in [6, 6.07) is 4.74. The van der Waals surface area contributed by atoms with Gasteiger partial charge in [-0.05, 0) is 31.4 Å². The minimum Gasteiger partial charge on any atom is -0.486 e. The van der Waals surface area contributed by atoms with E-state index in [1.807, 2.05) is 6.92 Å². The first-order valence-corrected chi connectivity index (χ1v) is 9.45. The number of benzene rings is 1. The molecule has 7 heteroatoms. The minimum absolute atomic E-state index is 0.0106. The number of piperidine rings is 1. The van der Waals surface area contributed by atoms with Crippen LogP contribution in [0.4, 0.5) is 0 Å². The smallest absolute Gasteiger partial charge is 0.243 e. The van der Waals surface area contributed by atoms with Gasteiger partial charge in [0.2, 0.25) is 10.0 Å². The second-order valence-electron chi connectivity index (χ2n) is 6.26. The van der Waals surface area contributed by atoms with Crippen LogP contribution < -0.4 is 9.47 Å². The highest BCUT2D eigenvalue weighted by molar-refractivity contribution is 7.89. The van der Waals surface area contributed by atoms with Crippen molar-refractivity contribution in [1.82, 2.24) is 4.31 Å². The van der Waals surface area contributed by atoms with E-state index in [4.69, 9.17) is 9.47 Å². The van der Waals surface area contributed by atoms with Crippen LogP contribution in [0.3, 0.4) is 0 Å². The lowest BCUT2D eigenvalue weighted by molar-refractivity contribution is 0.0609. The number of fused-ring (bicyclic) bond motifs is 1. The molecular weight excluding hydrogens is 318 g/mol. The normalized spacial score (nSPS) is 25.3. The fourth-order valence-corrected chi connectivity index (χ4v) is 4.84. The van der Waals surface area contributed by atoms with Gasteiger partial charge in [-0.2, -0.15) is 4.31 Å². The van der Waals surface area contributed by atoms with Crippen molar-refractivity contribution in [3.63, 3.8) is 0 Å². The van der Waals surface area contributed by atoms with Crippen molar-refractivity contribution in [3.05, 3.63) is 18.2 Å². The van der Waals surface area contributed by atoms with Crippen LogP contribution in [0.25, 0.3) is 0 Å². The molecule has 128 valence electrons. The maximum Gasteiger partial charge on any atom is 0.243 e. The zero-order valence-electron chi connectivity index (χ0n) is 13.3. The van der Waals surface area contributed by atoms with Gasteiger partial charge in [0.05, 0.1) is 4.90 Å². The van der Waals surface area contributed by atoms with E-state index in [0.29, 0.717) is 37.8 Å². The number of rotatable bonds is 4. The second-order valence-corrected chi connectivity index (χ2v) is 8.20. The van der Waals surface area contributed by atoms with Gasteiger partial charge < -0.3 is 14.6 Å². The monoisotopic (exact) mass is 341 g/mol. The Morgan fingerprint density at radius 1 is 1.26 bits per heavy atom. The molecule has 2 aliphatic rings. The Bertz CT molecular complexity index is 669. The van der Waals surface area contributed by atoms with Crippen LogP contribution >= 0.6 is 0 Å². The molecule has 0 saturated carbocycles. The Labute approximate surface area is 137 Å². The highest BCUT2D eigenvalue weighted by atomic mass is 32.2. The van der Waals surface area contributed by atoms with E-state index in [0.717, 1.165) is 19.3 Å². The molecule has 1 aromatic carbocycles. The second kappa shape index (κ2) is 6.30. The zero-order valence-corrected chi connectivity index (χ0v) is 14.1. The Hall–Kier alpha value is -1.31. The van der Waals surface area contributed by atoms with Gasteiger partial charge in [0, 0.05) is 31.2 Å². The molecule has 0 bridgehead atoms. The number of aliphatic hydroxyl groups is 1. The predicted octanol–water partition coefficient (Wildman–Crippen LogP) is 1.63. The molecule has 2 aliphatic heterocycles. The number of sulfonamides is 1. The van der Waals surface area contributed by atoms with Gasteiger partial charge in [0.15, 0.2) is 11.5 Å². The number of hydrogen-bond acceptors (Lipinski definition) is 5. The average Bonchev–Trinajstić information content (AvgIpc) is 2.61. The molecule has 0 amide bonds. The standard InChI is InChI=1S/C16H23NO5S/c1-2-16(12-18)6-3-7-17(11-16)23(19,20)13-4-5-14-15(10-13)22-9-8-21-14/h4-5,10,18H,2-3,6-9,11-12H2,1H3/t16-/m1/s1. The molecule has 6 nitrogen and oxygen atoms in total. The topological polar surface area (TPSA) is 76.1 Å². The Morgan fingerprint density at radius 3 is 2.70 bits per heavy atom. The fourth-order valence-electron chi connectivity index (χ4n) is 3.23. The molecule has 1 N–H and O–H groups in total. The summed E-state index contributed by atoms with van der Waals surface area (Å²) in [5.74, 6) is 1.05. The highest BCUT2D eigenvalue weighted by Gasteiger charge is 2.38. The van der Waals surface area contributed by atoms with Crippen molar-refractivity contribution < 1.29 is 23.0 Å². The first-order valence-electron chi connectivity index (χ1n) is 8.01. The highest BCUT2D eigenvalue weighted by Crippen LogP contribution is 2.37. The number of hydrogen-bond donors (Lipinski definition) is 1. The summed E-state index contributed by atoms with van der Waals surface area (Å²) in [6.07, 6.45) is 2.38. The van der Waals surface area contributed by atoms with Crippen LogP contribution in [-0.2, 0) is 10.0 Å². The molecule has 1 saturated heterocycles. The van der Waals surface area contributed by atoms with Crippen molar-refractivity contribution in [2.75, 3.05) is 32.9 Å². The number of aliphatic hydroxyl groups excluding tert-OH is 1. The van der Waals surface area contributed by atoms with Crippen LogP contribution in [0.2, 0.25) is 0 Å². The molecule has 0 radical (unpaired) electrons. The number of ether oxygens (including phenoxy) is 2. The van der Waals surface area contributed by atoms with E-state index >= 15 is 0 Å². The molecule has 0 aliphatic carbocycles. The summed E-state index contributed by atoms with van der Waals surface area (Å²) >= 11 is 0. The van der Waals surface area contributed by atoms with Crippen molar-refractivity contribution in [3.8, 4) is 11.5 Å². The Balaban J connectivity index is 1.89. The third-order valence-corrected chi connectivity index (χ3v) is 6.70. The summed E-state index contributed by atoms with van der Waals surface area (Å²) in [5, 5.41) is 9.70. The van der Waals surface area contributed by atoms with Gasteiger partial charge in [-0.25, -0.2) is 8.42 Å². The summed E-state index contributed by atoms with van der Waals surface area (Å²) < 4.78 is 38.3. The van der Waals surface area contributed by atoms with Gasteiger partial charge >= 0.3 is 0 Å². The SMILES string of the molecule is CC[C@@]1(CO)CCCN(S(=O)(=O)c2ccc3c(c2)OCCO3)C1. The molecule has 0 unspecified atom stereocenters. The van der Waals surface area contributed by atoms with Crippen LogP contribution in [-0.4, -0.2) is 50.7 Å². The molecule has 0 aromatic heterocycles. The lowest BCUT2D eigenvalue weighted by atomic mass is 9.79. The third-order valence-electron chi connectivity index (χ3n) is 4.86. The van der Waals surface area contributed by atoms with E-state index in [-0.39, 0.29) is 16.9 Å². The van der Waals surface area contributed by atoms with Crippen LogP contribution in [0.1, 0.15) is 26.2 Å². The molecule has 3 rings (SSSR count). The molecule has 0 spiro atoms. The van der Waals surface area contributed by atoms with Crippen molar-refractivity contribution in [2.45, 2.75) is 31.1 Å². The van der Waals surface area contributed by atoms with Gasteiger partial charge in [0.25, 0.3) is 0 Å². The maximum absolute atomic E-state index is 12.9. The molecule has 2 heterocycles. The van der Waals surface area contributed by atoms with Crippen molar-refractivity contribution in [2.24, 2.45) is 5.41 Å². The summed E-state index contributed by atoms with van der Waals surface area (Å²) in [7, 11) is -3.60. The van der Waals surface area contributed by atoms with Crippen LogP contribution in [0.5, 0.6) is 11.5 Å². The molecule has 1 atom stereocenters. The quantitative estimate of drug-likeness (QED) is 0.901. The van der Waals surface area contributed by atoms with Crippen molar-refractivity contribution in [1.29, 1.82) is 0 Å². The van der Waals surface area contributed by atoms with Gasteiger partial charge in [-0.1, -0.05) is 6.92 Å². The zero-order chi connectivity index (χ0) is 16.5. The molecule has 23 heavy (non-hydrogen) atoms.